The maximum Gasteiger partial charge on any atom is 0.335 e. The van der Waals surface area contributed by atoms with Crippen molar-refractivity contribution < 1.29 is 18.3 Å². The molecule has 0 fully saturated rings. The van der Waals surface area contributed by atoms with Crippen LogP contribution in [0.2, 0.25) is 0 Å². The van der Waals surface area contributed by atoms with Gasteiger partial charge in [0, 0.05) is 11.5 Å². The number of sulfonamides is 1. The molecule has 0 aliphatic heterocycles. The largest absolute Gasteiger partial charge is 0.478 e. The fraction of sp³-hybridized carbons (Fsp3) is 0.0714. The van der Waals surface area contributed by atoms with Crippen molar-refractivity contribution in [2.45, 2.75) is 4.90 Å². The highest BCUT2D eigenvalue weighted by Crippen LogP contribution is 2.27. The zero-order chi connectivity index (χ0) is 15.6. The van der Waals surface area contributed by atoms with Crippen molar-refractivity contribution in [2.75, 3.05) is 11.4 Å². The second-order valence-corrected chi connectivity index (χ2v) is 7.05. The Kier molecular flexibility index (Phi) is 4.34. The van der Waals surface area contributed by atoms with Gasteiger partial charge in [0.2, 0.25) is 0 Å². The minimum atomic E-state index is -3.72. The van der Waals surface area contributed by atoms with Gasteiger partial charge in [0.1, 0.15) is 4.90 Å². The third kappa shape index (κ3) is 3.08. The molecule has 2 rings (SSSR count). The van der Waals surface area contributed by atoms with Crippen LogP contribution in [0.1, 0.15) is 10.4 Å². The van der Waals surface area contributed by atoms with Crippen LogP contribution in [0.25, 0.3) is 0 Å². The Bertz CT molecular complexity index is 772. The molecule has 0 amide bonds. The van der Waals surface area contributed by atoms with Crippen LogP contribution < -0.4 is 4.31 Å². The number of hydrogen-bond donors (Lipinski definition) is 1. The van der Waals surface area contributed by atoms with Crippen LogP contribution >= 0.6 is 15.9 Å². The molecule has 0 bridgehead atoms. The Morgan fingerprint density at radius 2 is 1.67 bits per heavy atom. The third-order valence-electron chi connectivity index (χ3n) is 2.95. The molecule has 0 radical (unpaired) electrons. The first-order valence-corrected chi connectivity index (χ1v) is 8.14. The van der Waals surface area contributed by atoms with E-state index < -0.39 is 16.0 Å². The molecule has 2 aromatic carbocycles. The van der Waals surface area contributed by atoms with E-state index >= 15 is 0 Å². The van der Waals surface area contributed by atoms with E-state index in [1.165, 1.54) is 37.4 Å². The average Bonchev–Trinajstić information content (AvgIpc) is 2.46. The van der Waals surface area contributed by atoms with E-state index in [-0.39, 0.29) is 10.5 Å². The molecule has 0 heterocycles. The van der Waals surface area contributed by atoms with Crippen LogP contribution in [0.3, 0.4) is 0 Å². The molecule has 7 heteroatoms. The minimum Gasteiger partial charge on any atom is -0.478 e. The van der Waals surface area contributed by atoms with Crippen molar-refractivity contribution in [1.82, 2.24) is 0 Å². The Balaban J connectivity index is 2.41. The molecule has 0 atom stereocenters. The SMILES string of the molecule is CN(c1ccc(C(=O)O)cc1)S(=O)(=O)c1ccccc1Br. The van der Waals surface area contributed by atoms with E-state index in [0.717, 1.165) is 4.31 Å². The molecule has 0 unspecified atom stereocenters. The maximum atomic E-state index is 12.6. The summed E-state index contributed by atoms with van der Waals surface area (Å²) >= 11 is 3.22. The van der Waals surface area contributed by atoms with Crippen LogP contribution in [0.4, 0.5) is 5.69 Å². The molecule has 2 aromatic rings. The number of carboxylic acids is 1. The first-order valence-electron chi connectivity index (χ1n) is 5.91. The number of aromatic carboxylic acids is 1. The van der Waals surface area contributed by atoms with E-state index in [0.29, 0.717) is 10.2 Å². The first kappa shape index (κ1) is 15.5. The predicted molar refractivity (Wildman–Crippen MR) is 83.1 cm³/mol. The normalized spacial score (nSPS) is 11.1. The zero-order valence-electron chi connectivity index (χ0n) is 11.0. The summed E-state index contributed by atoms with van der Waals surface area (Å²) in [7, 11) is -2.30. The van der Waals surface area contributed by atoms with Gasteiger partial charge in [-0.25, -0.2) is 13.2 Å². The van der Waals surface area contributed by atoms with Gasteiger partial charge < -0.3 is 5.11 Å². The average molecular weight is 370 g/mol. The summed E-state index contributed by atoms with van der Waals surface area (Å²) in [6, 6.07) is 12.2. The van der Waals surface area contributed by atoms with E-state index in [4.69, 9.17) is 5.11 Å². The second-order valence-electron chi connectivity index (χ2n) is 4.25. The molecule has 5 nitrogen and oxygen atoms in total. The van der Waals surface area contributed by atoms with Gasteiger partial charge in [-0.1, -0.05) is 12.1 Å². The lowest BCUT2D eigenvalue weighted by molar-refractivity contribution is 0.0697. The second kappa shape index (κ2) is 5.87. The fourth-order valence-corrected chi connectivity index (χ4v) is 3.91. The fourth-order valence-electron chi connectivity index (χ4n) is 1.75. The molecule has 110 valence electrons. The standard InChI is InChI=1S/C14H12BrNO4S/c1-16(11-8-6-10(7-9-11)14(17)18)21(19,20)13-5-3-2-4-12(13)15/h2-9H,1H3,(H,17,18). The highest BCUT2D eigenvalue weighted by atomic mass is 79.9. The highest BCUT2D eigenvalue weighted by Gasteiger charge is 2.23. The molecule has 0 spiro atoms. The third-order valence-corrected chi connectivity index (χ3v) is 5.75. The van der Waals surface area contributed by atoms with Crippen LogP contribution in [0, 0.1) is 0 Å². The lowest BCUT2D eigenvalue weighted by Gasteiger charge is -2.20. The molecule has 0 aliphatic rings. The lowest BCUT2D eigenvalue weighted by atomic mass is 10.2. The first-order chi connectivity index (χ1) is 9.84. The van der Waals surface area contributed by atoms with E-state index in [2.05, 4.69) is 15.9 Å². The summed E-state index contributed by atoms with van der Waals surface area (Å²) in [5.41, 5.74) is 0.487. The van der Waals surface area contributed by atoms with Gasteiger partial charge >= 0.3 is 5.97 Å². The Morgan fingerprint density at radius 1 is 1.10 bits per heavy atom. The van der Waals surface area contributed by atoms with E-state index in [1.807, 2.05) is 0 Å². The number of halogens is 1. The summed E-state index contributed by atoms with van der Waals surface area (Å²) in [5.74, 6) is -1.06. The van der Waals surface area contributed by atoms with Crippen LogP contribution in [-0.4, -0.2) is 26.5 Å². The number of nitrogens with zero attached hydrogens (tertiary/aromatic N) is 1. The van der Waals surface area contributed by atoms with Crippen LogP contribution in [-0.2, 0) is 10.0 Å². The number of benzene rings is 2. The van der Waals surface area contributed by atoms with Gasteiger partial charge in [0.05, 0.1) is 11.3 Å². The molecule has 21 heavy (non-hydrogen) atoms. The smallest absolute Gasteiger partial charge is 0.335 e. The van der Waals surface area contributed by atoms with Gasteiger partial charge in [-0.05, 0) is 52.3 Å². The molecule has 0 saturated heterocycles. The van der Waals surface area contributed by atoms with Crippen LogP contribution in [0.5, 0.6) is 0 Å². The van der Waals surface area contributed by atoms with E-state index in [9.17, 15) is 13.2 Å². The number of hydrogen-bond acceptors (Lipinski definition) is 3. The molecule has 0 aliphatic carbocycles. The Morgan fingerprint density at radius 3 is 2.19 bits per heavy atom. The molecule has 1 N–H and O–H groups in total. The molecular formula is C14H12BrNO4S. The topological polar surface area (TPSA) is 74.7 Å². The highest BCUT2D eigenvalue weighted by molar-refractivity contribution is 9.10. The van der Waals surface area contributed by atoms with Crippen molar-refractivity contribution in [3.05, 3.63) is 58.6 Å². The van der Waals surface area contributed by atoms with Crippen LogP contribution in [0.15, 0.2) is 57.9 Å². The zero-order valence-corrected chi connectivity index (χ0v) is 13.4. The summed E-state index contributed by atoms with van der Waals surface area (Å²) < 4.78 is 26.7. The summed E-state index contributed by atoms with van der Waals surface area (Å²) in [5, 5.41) is 8.85. The quantitative estimate of drug-likeness (QED) is 0.898. The summed E-state index contributed by atoms with van der Waals surface area (Å²) in [6.45, 7) is 0. The molecule has 0 aromatic heterocycles. The van der Waals surface area contributed by atoms with Crippen molar-refractivity contribution in [3.63, 3.8) is 0 Å². The number of anilines is 1. The van der Waals surface area contributed by atoms with Crippen molar-refractivity contribution in [3.8, 4) is 0 Å². The number of carbonyl (C=O) groups is 1. The van der Waals surface area contributed by atoms with Gasteiger partial charge in [-0.2, -0.15) is 0 Å². The monoisotopic (exact) mass is 369 g/mol. The summed E-state index contributed by atoms with van der Waals surface area (Å²) in [6.07, 6.45) is 0. The van der Waals surface area contributed by atoms with Crippen molar-refractivity contribution in [2.24, 2.45) is 0 Å². The summed E-state index contributed by atoms with van der Waals surface area (Å²) in [4.78, 5) is 11.0. The minimum absolute atomic E-state index is 0.102. The van der Waals surface area contributed by atoms with Crippen molar-refractivity contribution in [1.29, 1.82) is 0 Å². The van der Waals surface area contributed by atoms with Gasteiger partial charge in [0.15, 0.2) is 0 Å². The maximum absolute atomic E-state index is 12.6. The Hall–Kier alpha value is -1.86. The van der Waals surface area contributed by atoms with E-state index in [1.54, 1.807) is 18.2 Å². The number of carboxylic acid groups (broad SMARTS) is 1. The number of rotatable bonds is 4. The Labute approximate surface area is 131 Å². The van der Waals surface area contributed by atoms with Crippen molar-refractivity contribution >= 4 is 37.6 Å². The predicted octanol–water partition coefficient (Wildman–Crippen LogP) is 2.97. The lowest BCUT2D eigenvalue weighted by Crippen LogP contribution is -2.26. The molecular weight excluding hydrogens is 358 g/mol. The van der Waals surface area contributed by atoms with Gasteiger partial charge in [-0.3, -0.25) is 4.31 Å². The molecule has 0 saturated carbocycles. The van der Waals surface area contributed by atoms with Gasteiger partial charge in [0.25, 0.3) is 10.0 Å². The van der Waals surface area contributed by atoms with Gasteiger partial charge in [-0.15, -0.1) is 0 Å².